The van der Waals surface area contributed by atoms with Crippen molar-refractivity contribution in [1.82, 2.24) is 10.2 Å². The lowest BCUT2D eigenvalue weighted by Gasteiger charge is -2.34. The first-order valence-corrected chi connectivity index (χ1v) is 11.7. The Balaban J connectivity index is 1.54. The van der Waals surface area contributed by atoms with Gasteiger partial charge in [0.25, 0.3) is 5.91 Å². The van der Waals surface area contributed by atoms with Crippen molar-refractivity contribution in [3.8, 4) is 0 Å². The Morgan fingerprint density at radius 2 is 1.70 bits per heavy atom. The largest absolute Gasteiger partial charge is 0.384 e. The lowest BCUT2D eigenvalue weighted by molar-refractivity contribution is -0.126. The minimum atomic E-state index is 0.101. The van der Waals surface area contributed by atoms with Crippen molar-refractivity contribution in [2.45, 2.75) is 78.7 Å². The summed E-state index contributed by atoms with van der Waals surface area (Å²) in [4.78, 5) is 27.6. The number of carbonyl (C=O) groups excluding carboxylic acids is 2. The van der Waals surface area contributed by atoms with Crippen molar-refractivity contribution in [1.29, 1.82) is 0 Å². The zero-order valence-corrected chi connectivity index (χ0v) is 19.2. The second kappa shape index (κ2) is 9.84. The van der Waals surface area contributed by atoms with Crippen LogP contribution in [-0.2, 0) is 4.79 Å². The summed E-state index contributed by atoms with van der Waals surface area (Å²) in [6.45, 7) is 10.9. The van der Waals surface area contributed by atoms with E-state index in [9.17, 15) is 9.59 Å². The number of nitrogens with zero attached hydrogens (tertiary/aromatic N) is 1. The van der Waals surface area contributed by atoms with Gasteiger partial charge in [-0.3, -0.25) is 9.59 Å². The lowest BCUT2D eigenvalue weighted by atomic mass is 9.88. The van der Waals surface area contributed by atoms with E-state index in [2.05, 4.69) is 31.4 Å². The molecular weight excluding hydrogens is 374 g/mol. The van der Waals surface area contributed by atoms with E-state index >= 15 is 0 Å². The van der Waals surface area contributed by atoms with Crippen molar-refractivity contribution in [2.75, 3.05) is 25.0 Å². The molecule has 5 nitrogen and oxygen atoms in total. The van der Waals surface area contributed by atoms with E-state index < -0.39 is 0 Å². The molecule has 1 aromatic carbocycles. The maximum Gasteiger partial charge on any atom is 0.254 e. The SMILES string of the molecule is Cc1c(NCC(C)(C)C)cccc1C(=O)N1CCC(NC(=O)C2CCCCC2)CC1. The van der Waals surface area contributed by atoms with Crippen molar-refractivity contribution in [3.05, 3.63) is 29.3 Å². The number of rotatable bonds is 5. The molecule has 0 aromatic heterocycles. The van der Waals surface area contributed by atoms with E-state index in [0.29, 0.717) is 13.1 Å². The molecule has 1 aliphatic heterocycles. The van der Waals surface area contributed by atoms with Gasteiger partial charge in [0.1, 0.15) is 0 Å². The second-order valence-electron chi connectivity index (χ2n) is 10.3. The number of piperidine rings is 1. The summed E-state index contributed by atoms with van der Waals surface area (Å²) >= 11 is 0. The first-order chi connectivity index (χ1) is 14.2. The standard InChI is InChI=1S/C25H39N3O2/c1-18-21(11-8-12-22(18)26-17-25(2,3)4)24(30)28-15-13-20(14-16-28)27-23(29)19-9-6-5-7-10-19/h8,11-12,19-20,26H,5-7,9-10,13-17H2,1-4H3,(H,27,29). The minimum Gasteiger partial charge on any atom is -0.384 e. The molecule has 5 heteroatoms. The first kappa shape index (κ1) is 22.6. The summed E-state index contributed by atoms with van der Waals surface area (Å²) in [5.41, 5.74) is 3.00. The molecule has 1 saturated carbocycles. The van der Waals surface area contributed by atoms with Gasteiger partial charge in [0.05, 0.1) is 0 Å². The number of benzene rings is 1. The van der Waals surface area contributed by atoms with Crippen LogP contribution in [0.2, 0.25) is 0 Å². The Hall–Kier alpha value is -2.04. The molecule has 0 spiro atoms. The van der Waals surface area contributed by atoms with Crippen LogP contribution in [0.4, 0.5) is 5.69 Å². The molecule has 0 unspecified atom stereocenters. The Morgan fingerprint density at radius 3 is 2.33 bits per heavy atom. The van der Waals surface area contributed by atoms with E-state index in [0.717, 1.165) is 49.0 Å². The molecule has 1 saturated heterocycles. The number of hydrogen-bond acceptors (Lipinski definition) is 3. The highest BCUT2D eigenvalue weighted by atomic mass is 16.2. The average Bonchev–Trinajstić information content (AvgIpc) is 2.73. The van der Waals surface area contributed by atoms with E-state index in [-0.39, 0.29) is 29.2 Å². The van der Waals surface area contributed by atoms with Gasteiger partial charge in [-0.2, -0.15) is 0 Å². The highest BCUT2D eigenvalue weighted by Gasteiger charge is 2.28. The average molecular weight is 414 g/mol. The van der Waals surface area contributed by atoms with Gasteiger partial charge in [-0.25, -0.2) is 0 Å². The quantitative estimate of drug-likeness (QED) is 0.732. The fourth-order valence-electron chi connectivity index (χ4n) is 4.50. The minimum absolute atomic E-state index is 0.101. The highest BCUT2D eigenvalue weighted by molar-refractivity contribution is 5.97. The van der Waals surface area contributed by atoms with Gasteiger partial charge >= 0.3 is 0 Å². The molecular formula is C25H39N3O2. The smallest absolute Gasteiger partial charge is 0.254 e. The molecule has 1 aromatic rings. The third kappa shape index (κ3) is 5.99. The molecule has 3 rings (SSSR count). The van der Waals surface area contributed by atoms with Crippen molar-refractivity contribution >= 4 is 17.5 Å². The molecule has 2 aliphatic rings. The van der Waals surface area contributed by atoms with Crippen molar-refractivity contribution in [2.24, 2.45) is 11.3 Å². The molecule has 2 N–H and O–H groups in total. The van der Waals surface area contributed by atoms with Crippen molar-refractivity contribution in [3.63, 3.8) is 0 Å². The van der Waals surface area contributed by atoms with Crippen LogP contribution in [0.25, 0.3) is 0 Å². The van der Waals surface area contributed by atoms with Crippen LogP contribution < -0.4 is 10.6 Å². The zero-order chi connectivity index (χ0) is 21.7. The van der Waals surface area contributed by atoms with Gasteiger partial charge in [0, 0.05) is 42.8 Å². The summed E-state index contributed by atoms with van der Waals surface area (Å²) in [7, 11) is 0. The van der Waals surface area contributed by atoms with Crippen LogP contribution in [-0.4, -0.2) is 42.4 Å². The third-order valence-corrected chi connectivity index (χ3v) is 6.48. The Labute approximate surface area is 182 Å². The number of carbonyl (C=O) groups is 2. The van der Waals surface area contributed by atoms with E-state index in [4.69, 9.17) is 0 Å². The van der Waals surface area contributed by atoms with Gasteiger partial charge in [0.2, 0.25) is 5.91 Å². The van der Waals surface area contributed by atoms with E-state index in [1.165, 1.54) is 19.3 Å². The van der Waals surface area contributed by atoms with Crippen LogP contribution in [0.5, 0.6) is 0 Å². The predicted molar refractivity (Wildman–Crippen MR) is 123 cm³/mol. The zero-order valence-electron chi connectivity index (χ0n) is 19.2. The molecule has 1 aliphatic carbocycles. The van der Waals surface area contributed by atoms with Gasteiger partial charge < -0.3 is 15.5 Å². The third-order valence-electron chi connectivity index (χ3n) is 6.48. The summed E-state index contributed by atoms with van der Waals surface area (Å²) in [5.74, 6) is 0.529. The summed E-state index contributed by atoms with van der Waals surface area (Å²) < 4.78 is 0. The van der Waals surface area contributed by atoms with E-state index in [1.807, 2.05) is 30.0 Å². The monoisotopic (exact) mass is 413 g/mol. The number of amides is 2. The van der Waals surface area contributed by atoms with Crippen molar-refractivity contribution < 1.29 is 9.59 Å². The van der Waals surface area contributed by atoms with Gasteiger partial charge in [-0.15, -0.1) is 0 Å². The molecule has 1 heterocycles. The maximum atomic E-state index is 13.2. The molecule has 0 radical (unpaired) electrons. The molecule has 2 amide bonds. The number of likely N-dealkylation sites (tertiary alicyclic amines) is 1. The molecule has 30 heavy (non-hydrogen) atoms. The molecule has 0 atom stereocenters. The Kier molecular flexibility index (Phi) is 7.43. The van der Waals surface area contributed by atoms with Gasteiger partial charge in [-0.05, 0) is 55.7 Å². The molecule has 2 fully saturated rings. The van der Waals surface area contributed by atoms with Gasteiger partial charge in [0.15, 0.2) is 0 Å². The number of hydrogen-bond donors (Lipinski definition) is 2. The molecule has 166 valence electrons. The topological polar surface area (TPSA) is 61.4 Å². The summed E-state index contributed by atoms with van der Waals surface area (Å²) in [6, 6.07) is 6.13. The van der Waals surface area contributed by atoms with Crippen LogP contribution in [0.15, 0.2) is 18.2 Å². The van der Waals surface area contributed by atoms with Gasteiger partial charge in [-0.1, -0.05) is 46.1 Å². The Morgan fingerprint density at radius 1 is 1.03 bits per heavy atom. The summed E-state index contributed by atoms with van der Waals surface area (Å²) in [5, 5.41) is 6.74. The highest BCUT2D eigenvalue weighted by Crippen LogP contribution is 2.26. The lowest BCUT2D eigenvalue weighted by Crippen LogP contribution is -2.48. The number of anilines is 1. The van der Waals surface area contributed by atoms with Crippen LogP contribution in [0.3, 0.4) is 0 Å². The fourth-order valence-corrected chi connectivity index (χ4v) is 4.50. The normalized spacial score (nSPS) is 18.9. The summed E-state index contributed by atoms with van der Waals surface area (Å²) in [6.07, 6.45) is 7.35. The van der Waals surface area contributed by atoms with E-state index in [1.54, 1.807) is 0 Å². The molecule has 0 bridgehead atoms. The van der Waals surface area contributed by atoms with Crippen LogP contribution >= 0.6 is 0 Å². The number of nitrogens with one attached hydrogen (secondary N) is 2. The maximum absolute atomic E-state index is 13.2. The Bertz CT molecular complexity index is 739. The van der Waals surface area contributed by atoms with Crippen LogP contribution in [0, 0.1) is 18.3 Å². The predicted octanol–water partition coefficient (Wildman–Crippen LogP) is 4.75. The fraction of sp³-hybridized carbons (Fsp3) is 0.680. The second-order valence-corrected chi connectivity index (χ2v) is 10.3. The first-order valence-electron chi connectivity index (χ1n) is 11.7. The van der Waals surface area contributed by atoms with Crippen LogP contribution in [0.1, 0.15) is 81.6 Å².